The number of para-hydroxylation sites is 1. The van der Waals surface area contributed by atoms with Gasteiger partial charge < -0.3 is 15.2 Å². The molecule has 108 valence electrons. The molecule has 0 bridgehead atoms. The van der Waals surface area contributed by atoms with Gasteiger partial charge in [-0.05, 0) is 30.7 Å². The second-order valence-electron chi connectivity index (χ2n) is 4.34. The monoisotopic (exact) mass is 286 g/mol. The Morgan fingerprint density at radius 3 is 2.62 bits per heavy atom. The molecule has 1 amide bonds. The van der Waals surface area contributed by atoms with Gasteiger partial charge in [-0.1, -0.05) is 18.2 Å². The molecule has 6 heteroatoms. The van der Waals surface area contributed by atoms with E-state index in [-0.39, 0.29) is 23.9 Å². The SMILES string of the molecule is Cc1ccccc1OCC(=O)Nc1ccc(C(=O)O)cn1. The molecule has 0 fully saturated rings. The summed E-state index contributed by atoms with van der Waals surface area (Å²) in [5, 5.41) is 11.3. The second-order valence-corrected chi connectivity index (χ2v) is 4.34. The topological polar surface area (TPSA) is 88.5 Å². The molecule has 0 unspecified atom stereocenters. The van der Waals surface area contributed by atoms with Crippen molar-refractivity contribution in [1.82, 2.24) is 4.98 Å². The van der Waals surface area contributed by atoms with E-state index in [1.807, 2.05) is 25.1 Å². The highest BCUT2D eigenvalue weighted by molar-refractivity contribution is 5.92. The van der Waals surface area contributed by atoms with E-state index in [0.29, 0.717) is 5.75 Å². The van der Waals surface area contributed by atoms with Crippen LogP contribution in [0.25, 0.3) is 0 Å². The molecule has 0 aliphatic rings. The van der Waals surface area contributed by atoms with Crippen molar-refractivity contribution in [2.24, 2.45) is 0 Å². The molecule has 1 aromatic carbocycles. The highest BCUT2D eigenvalue weighted by atomic mass is 16.5. The van der Waals surface area contributed by atoms with Crippen LogP contribution < -0.4 is 10.1 Å². The van der Waals surface area contributed by atoms with Gasteiger partial charge in [-0.2, -0.15) is 0 Å². The maximum Gasteiger partial charge on any atom is 0.337 e. The van der Waals surface area contributed by atoms with Crippen molar-refractivity contribution in [2.45, 2.75) is 6.92 Å². The van der Waals surface area contributed by atoms with Gasteiger partial charge in [0.15, 0.2) is 6.61 Å². The molecule has 0 saturated carbocycles. The lowest BCUT2D eigenvalue weighted by atomic mass is 10.2. The highest BCUT2D eigenvalue weighted by Gasteiger charge is 2.07. The zero-order chi connectivity index (χ0) is 15.2. The molecule has 2 N–H and O–H groups in total. The van der Waals surface area contributed by atoms with Crippen molar-refractivity contribution in [3.05, 3.63) is 53.7 Å². The molecule has 0 spiro atoms. The summed E-state index contributed by atoms with van der Waals surface area (Å²) in [5.74, 6) is -0.516. The van der Waals surface area contributed by atoms with E-state index in [2.05, 4.69) is 10.3 Å². The van der Waals surface area contributed by atoms with Crippen LogP contribution >= 0.6 is 0 Å². The number of amides is 1. The number of hydrogen-bond acceptors (Lipinski definition) is 4. The molecule has 21 heavy (non-hydrogen) atoms. The summed E-state index contributed by atoms with van der Waals surface area (Å²) < 4.78 is 5.40. The third-order valence-corrected chi connectivity index (χ3v) is 2.73. The van der Waals surface area contributed by atoms with Gasteiger partial charge in [0.2, 0.25) is 0 Å². The van der Waals surface area contributed by atoms with Crippen LogP contribution in [0.2, 0.25) is 0 Å². The van der Waals surface area contributed by atoms with E-state index >= 15 is 0 Å². The lowest BCUT2D eigenvalue weighted by Gasteiger charge is -2.09. The van der Waals surface area contributed by atoms with E-state index in [9.17, 15) is 9.59 Å². The van der Waals surface area contributed by atoms with Gasteiger partial charge in [0.05, 0.1) is 5.56 Å². The number of pyridine rings is 1. The number of aromatic nitrogens is 1. The minimum Gasteiger partial charge on any atom is -0.483 e. The van der Waals surface area contributed by atoms with Crippen molar-refractivity contribution < 1.29 is 19.4 Å². The maximum absolute atomic E-state index is 11.7. The predicted octanol–water partition coefficient (Wildman–Crippen LogP) is 2.11. The number of carboxylic acid groups (broad SMARTS) is 1. The number of nitrogens with zero attached hydrogens (tertiary/aromatic N) is 1. The Hall–Kier alpha value is -2.89. The summed E-state index contributed by atoms with van der Waals surface area (Å²) in [7, 11) is 0. The average Bonchev–Trinajstić information content (AvgIpc) is 2.47. The van der Waals surface area contributed by atoms with Crippen LogP contribution in [0.3, 0.4) is 0 Å². The molecule has 0 saturated heterocycles. The molecule has 0 radical (unpaired) electrons. The van der Waals surface area contributed by atoms with Gasteiger partial charge in [-0.25, -0.2) is 9.78 Å². The molecular weight excluding hydrogens is 272 g/mol. The fourth-order valence-corrected chi connectivity index (χ4v) is 1.63. The smallest absolute Gasteiger partial charge is 0.337 e. The summed E-state index contributed by atoms with van der Waals surface area (Å²) in [5.41, 5.74) is 0.999. The molecular formula is C15H14N2O4. The highest BCUT2D eigenvalue weighted by Crippen LogP contribution is 2.16. The molecule has 6 nitrogen and oxygen atoms in total. The second kappa shape index (κ2) is 6.51. The largest absolute Gasteiger partial charge is 0.483 e. The van der Waals surface area contributed by atoms with Crippen molar-refractivity contribution in [2.75, 3.05) is 11.9 Å². The van der Waals surface area contributed by atoms with E-state index in [0.717, 1.165) is 5.56 Å². The first-order valence-electron chi connectivity index (χ1n) is 6.24. The van der Waals surface area contributed by atoms with Crippen LogP contribution in [0.5, 0.6) is 5.75 Å². The number of carbonyl (C=O) groups is 2. The van der Waals surface area contributed by atoms with E-state index in [1.54, 1.807) is 6.07 Å². The third-order valence-electron chi connectivity index (χ3n) is 2.73. The Labute approximate surface area is 121 Å². The fourth-order valence-electron chi connectivity index (χ4n) is 1.63. The predicted molar refractivity (Wildman–Crippen MR) is 76.5 cm³/mol. The van der Waals surface area contributed by atoms with Crippen molar-refractivity contribution >= 4 is 17.7 Å². The number of carbonyl (C=O) groups excluding carboxylic acids is 1. The van der Waals surface area contributed by atoms with Crippen molar-refractivity contribution in [3.8, 4) is 5.75 Å². The molecule has 0 aliphatic carbocycles. The lowest BCUT2D eigenvalue weighted by molar-refractivity contribution is -0.118. The lowest BCUT2D eigenvalue weighted by Crippen LogP contribution is -2.21. The molecule has 1 heterocycles. The van der Waals surface area contributed by atoms with Gasteiger partial charge in [0.1, 0.15) is 11.6 Å². The number of rotatable bonds is 5. The quantitative estimate of drug-likeness (QED) is 0.878. The van der Waals surface area contributed by atoms with Gasteiger partial charge in [0.25, 0.3) is 5.91 Å². The maximum atomic E-state index is 11.7. The Kier molecular flexibility index (Phi) is 4.50. The minimum absolute atomic E-state index is 0.0594. The number of ether oxygens (including phenoxy) is 1. The Bertz CT molecular complexity index is 653. The molecule has 1 aromatic heterocycles. The zero-order valence-electron chi connectivity index (χ0n) is 11.4. The van der Waals surface area contributed by atoms with Gasteiger partial charge in [-0.15, -0.1) is 0 Å². The summed E-state index contributed by atoms with van der Waals surface area (Å²) >= 11 is 0. The van der Waals surface area contributed by atoms with Crippen molar-refractivity contribution in [1.29, 1.82) is 0 Å². The normalized spacial score (nSPS) is 9.95. The number of nitrogens with one attached hydrogen (secondary N) is 1. The van der Waals surface area contributed by atoms with Gasteiger partial charge in [-0.3, -0.25) is 4.79 Å². The van der Waals surface area contributed by atoms with E-state index in [1.165, 1.54) is 18.3 Å². The van der Waals surface area contributed by atoms with Crippen LogP contribution in [0, 0.1) is 6.92 Å². The molecule has 0 atom stereocenters. The number of benzene rings is 1. The number of carboxylic acids is 1. The fraction of sp³-hybridized carbons (Fsp3) is 0.133. The Balaban J connectivity index is 1.90. The average molecular weight is 286 g/mol. The number of aromatic carboxylic acids is 1. The van der Waals surface area contributed by atoms with Crippen LogP contribution in [-0.2, 0) is 4.79 Å². The standard InChI is InChI=1S/C15H14N2O4/c1-10-4-2-3-5-12(10)21-9-14(18)17-13-7-6-11(8-16-13)15(19)20/h2-8H,9H2,1H3,(H,19,20)(H,16,17,18). The Morgan fingerprint density at radius 1 is 1.24 bits per heavy atom. The van der Waals surface area contributed by atoms with Gasteiger partial charge in [0, 0.05) is 6.20 Å². The summed E-state index contributed by atoms with van der Waals surface area (Å²) in [4.78, 5) is 26.2. The molecule has 2 aromatic rings. The number of hydrogen-bond donors (Lipinski definition) is 2. The molecule has 0 aliphatic heterocycles. The van der Waals surface area contributed by atoms with Gasteiger partial charge >= 0.3 is 5.97 Å². The minimum atomic E-state index is -1.07. The first-order valence-corrected chi connectivity index (χ1v) is 6.24. The Morgan fingerprint density at radius 2 is 2.00 bits per heavy atom. The van der Waals surface area contributed by atoms with Crippen LogP contribution in [0.15, 0.2) is 42.6 Å². The zero-order valence-corrected chi connectivity index (χ0v) is 11.4. The van der Waals surface area contributed by atoms with E-state index in [4.69, 9.17) is 9.84 Å². The van der Waals surface area contributed by atoms with Crippen molar-refractivity contribution in [3.63, 3.8) is 0 Å². The first kappa shape index (κ1) is 14.5. The number of anilines is 1. The summed E-state index contributed by atoms with van der Waals surface area (Å²) in [6.45, 7) is 1.74. The number of aryl methyl sites for hydroxylation is 1. The van der Waals surface area contributed by atoms with Crippen LogP contribution in [0.4, 0.5) is 5.82 Å². The summed E-state index contributed by atoms with van der Waals surface area (Å²) in [6, 6.07) is 10.2. The van der Waals surface area contributed by atoms with Crippen LogP contribution in [-0.4, -0.2) is 28.6 Å². The summed E-state index contributed by atoms with van der Waals surface area (Å²) in [6.07, 6.45) is 1.18. The molecule has 2 rings (SSSR count). The van der Waals surface area contributed by atoms with Crippen LogP contribution in [0.1, 0.15) is 15.9 Å². The third kappa shape index (κ3) is 4.04. The van der Waals surface area contributed by atoms with E-state index < -0.39 is 5.97 Å². The first-order chi connectivity index (χ1) is 10.1.